The summed E-state index contributed by atoms with van der Waals surface area (Å²) < 4.78 is 1.22. The molecule has 4 nitrogen and oxygen atoms in total. The molecular formula is C22H29N3OS. The Morgan fingerprint density at radius 2 is 2.00 bits per heavy atom. The molecule has 2 heterocycles. The third-order valence-electron chi connectivity index (χ3n) is 5.99. The number of hydrogen-bond donors (Lipinski definition) is 1. The number of hydrogen-bond acceptors (Lipinski definition) is 4. The highest BCUT2D eigenvalue weighted by atomic mass is 32.1. The van der Waals surface area contributed by atoms with Gasteiger partial charge in [-0.25, -0.2) is 4.98 Å². The van der Waals surface area contributed by atoms with Crippen molar-refractivity contribution in [2.45, 2.75) is 38.5 Å². The number of allylic oxidation sites excluding steroid dienone is 2. The molecule has 1 aromatic carbocycles. The molecule has 2 aromatic rings. The second-order valence-corrected chi connectivity index (χ2v) is 8.81. The smallest absolute Gasteiger partial charge is 0.226 e. The molecule has 1 fully saturated rings. The van der Waals surface area contributed by atoms with Crippen molar-refractivity contribution >= 4 is 27.5 Å². The van der Waals surface area contributed by atoms with Gasteiger partial charge in [0.15, 0.2) is 0 Å². The van der Waals surface area contributed by atoms with Crippen LogP contribution in [0.25, 0.3) is 10.2 Å². The van der Waals surface area contributed by atoms with Crippen molar-refractivity contribution in [2.24, 2.45) is 11.8 Å². The molecule has 2 unspecified atom stereocenters. The number of para-hydroxylation sites is 1. The molecule has 27 heavy (non-hydrogen) atoms. The topological polar surface area (TPSA) is 45.2 Å². The lowest BCUT2D eigenvalue weighted by Crippen LogP contribution is -2.44. The number of benzene rings is 1. The molecule has 1 amide bonds. The normalized spacial score (nSPS) is 23.8. The molecule has 1 aromatic heterocycles. The highest BCUT2D eigenvalue weighted by Crippen LogP contribution is 2.39. The number of fused-ring (bicyclic) bond motifs is 1. The maximum absolute atomic E-state index is 13.3. The van der Waals surface area contributed by atoms with Crippen LogP contribution in [0.4, 0.5) is 0 Å². The van der Waals surface area contributed by atoms with E-state index in [1.54, 1.807) is 11.3 Å². The number of carbonyl (C=O) groups excluding carboxylic acids is 1. The first-order valence-electron chi connectivity index (χ1n) is 10.3. The van der Waals surface area contributed by atoms with Gasteiger partial charge in [0, 0.05) is 19.0 Å². The molecule has 0 saturated carbocycles. The first-order valence-corrected chi connectivity index (χ1v) is 11.1. The molecule has 1 N–H and O–H groups in total. The fourth-order valence-corrected chi connectivity index (χ4v) is 5.50. The number of carbonyl (C=O) groups is 1. The van der Waals surface area contributed by atoms with Crippen LogP contribution in [-0.4, -0.2) is 42.0 Å². The van der Waals surface area contributed by atoms with Crippen LogP contribution in [0.15, 0.2) is 36.4 Å². The van der Waals surface area contributed by atoms with Crippen LogP contribution < -0.4 is 5.32 Å². The maximum atomic E-state index is 13.3. The minimum absolute atomic E-state index is 0.0425. The molecule has 0 bridgehead atoms. The van der Waals surface area contributed by atoms with Crippen LogP contribution in [0, 0.1) is 11.8 Å². The molecule has 144 valence electrons. The Kier molecular flexibility index (Phi) is 5.89. The number of likely N-dealkylation sites (tertiary alicyclic amines) is 1. The molecule has 0 radical (unpaired) electrons. The van der Waals surface area contributed by atoms with E-state index < -0.39 is 0 Å². The summed E-state index contributed by atoms with van der Waals surface area (Å²) in [7, 11) is 0. The summed E-state index contributed by atoms with van der Waals surface area (Å²) in [6, 6.07) is 8.29. The van der Waals surface area contributed by atoms with Crippen LogP contribution >= 0.6 is 11.3 Å². The molecule has 5 heteroatoms. The lowest BCUT2D eigenvalue weighted by Gasteiger charge is -2.36. The Balaban J connectivity index is 1.46. The van der Waals surface area contributed by atoms with Gasteiger partial charge in [-0.15, -0.1) is 11.3 Å². The lowest BCUT2D eigenvalue weighted by atomic mass is 9.81. The van der Waals surface area contributed by atoms with E-state index in [0.717, 1.165) is 62.4 Å². The van der Waals surface area contributed by atoms with Gasteiger partial charge in [0.05, 0.1) is 21.1 Å². The van der Waals surface area contributed by atoms with Crippen molar-refractivity contribution in [1.82, 2.24) is 15.2 Å². The molecular weight excluding hydrogens is 354 g/mol. The van der Waals surface area contributed by atoms with E-state index >= 15 is 0 Å². The van der Waals surface area contributed by atoms with Gasteiger partial charge >= 0.3 is 0 Å². The van der Waals surface area contributed by atoms with Crippen LogP contribution in [0.3, 0.4) is 0 Å². The summed E-state index contributed by atoms with van der Waals surface area (Å²) in [6.45, 7) is 6.07. The molecule has 1 saturated heterocycles. The highest BCUT2D eigenvalue weighted by Gasteiger charge is 2.36. The Morgan fingerprint density at radius 3 is 2.78 bits per heavy atom. The molecule has 2 aliphatic rings. The minimum atomic E-state index is 0.0425. The van der Waals surface area contributed by atoms with Gasteiger partial charge in [0.2, 0.25) is 5.91 Å². The number of aromatic nitrogens is 1. The fraction of sp³-hybridized carbons (Fsp3) is 0.545. The summed E-state index contributed by atoms with van der Waals surface area (Å²) >= 11 is 1.76. The van der Waals surface area contributed by atoms with Crippen LogP contribution in [0.1, 0.15) is 43.5 Å². The third-order valence-corrected chi connectivity index (χ3v) is 7.15. The molecule has 0 spiro atoms. The van der Waals surface area contributed by atoms with Gasteiger partial charge in [-0.2, -0.15) is 0 Å². The Hall–Kier alpha value is -1.72. The van der Waals surface area contributed by atoms with E-state index in [4.69, 9.17) is 4.98 Å². The van der Waals surface area contributed by atoms with E-state index in [-0.39, 0.29) is 11.8 Å². The Bertz CT molecular complexity index is 774. The van der Waals surface area contributed by atoms with Gasteiger partial charge in [-0.05, 0) is 56.8 Å². The summed E-state index contributed by atoms with van der Waals surface area (Å²) in [5, 5.41) is 4.57. The van der Waals surface area contributed by atoms with E-state index in [1.807, 2.05) is 6.07 Å². The third kappa shape index (κ3) is 4.09. The molecule has 2 atom stereocenters. The highest BCUT2D eigenvalue weighted by molar-refractivity contribution is 7.18. The SMILES string of the molecule is CCNCC1CCN(C(=O)C2CC=CCC2c2nc3ccccc3s2)CC1. The number of nitrogens with one attached hydrogen (secondary N) is 1. The van der Waals surface area contributed by atoms with Gasteiger partial charge in [-0.3, -0.25) is 4.79 Å². The van der Waals surface area contributed by atoms with Crippen LogP contribution in [0.5, 0.6) is 0 Å². The standard InChI is InChI=1S/C22H29N3OS/c1-2-23-15-16-11-13-25(14-12-16)22(26)18-8-4-3-7-17(18)21-24-19-9-5-6-10-20(19)27-21/h3-6,9-10,16-18,23H,2,7-8,11-15H2,1H3. The number of rotatable bonds is 5. The van der Waals surface area contributed by atoms with E-state index in [2.05, 4.69) is 47.5 Å². The summed E-state index contributed by atoms with van der Waals surface area (Å²) in [4.78, 5) is 20.3. The van der Waals surface area contributed by atoms with Crippen molar-refractivity contribution in [3.05, 3.63) is 41.4 Å². The summed E-state index contributed by atoms with van der Waals surface area (Å²) in [5.74, 6) is 1.31. The zero-order valence-corrected chi connectivity index (χ0v) is 16.9. The zero-order chi connectivity index (χ0) is 18.6. The second kappa shape index (κ2) is 8.53. The van der Waals surface area contributed by atoms with Gasteiger partial charge in [0.25, 0.3) is 0 Å². The molecule has 1 aliphatic heterocycles. The Labute approximate surface area is 165 Å². The lowest BCUT2D eigenvalue weighted by molar-refractivity contribution is -0.137. The number of nitrogens with zero attached hydrogens (tertiary/aromatic N) is 2. The zero-order valence-electron chi connectivity index (χ0n) is 16.1. The predicted octanol–water partition coefficient (Wildman–Crippen LogP) is 4.19. The van der Waals surface area contributed by atoms with Gasteiger partial charge in [-0.1, -0.05) is 31.2 Å². The van der Waals surface area contributed by atoms with Crippen molar-refractivity contribution in [3.63, 3.8) is 0 Å². The van der Waals surface area contributed by atoms with Crippen molar-refractivity contribution < 1.29 is 4.79 Å². The predicted molar refractivity (Wildman–Crippen MR) is 112 cm³/mol. The van der Waals surface area contributed by atoms with E-state index in [0.29, 0.717) is 11.8 Å². The Morgan fingerprint density at radius 1 is 1.22 bits per heavy atom. The number of amides is 1. The molecule has 1 aliphatic carbocycles. The second-order valence-electron chi connectivity index (χ2n) is 7.75. The van der Waals surface area contributed by atoms with E-state index in [9.17, 15) is 4.79 Å². The minimum Gasteiger partial charge on any atom is -0.342 e. The largest absolute Gasteiger partial charge is 0.342 e. The van der Waals surface area contributed by atoms with Crippen molar-refractivity contribution in [1.29, 1.82) is 0 Å². The monoisotopic (exact) mass is 383 g/mol. The number of piperidine rings is 1. The number of thiazole rings is 1. The average Bonchev–Trinajstić information content (AvgIpc) is 3.16. The summed E-state index contributed by atoms with van der Waals surface area (Å²) in [5.41, 5.74) is 1.06. The quantitative estimate of drug-likeness (QED) is 0.787. The van der Waals surface area contributed by atoms with Crippen LogP contribution in [0.2, 0.25) is 0 Å². The van der Waals surface area contributed by atoms with Gasteiger partial charge in [0.1, 0.15) is 0 Å². The van der Waals surface area contributed by atoms with E-state index in [1.165, 1.54) is 4.70 Å². The van der Waals surface area contributed by atoms with Crippen LogP contribution in [-0.2, 0) is 4.79 Å². The summed E-state index contributed by atoms with van der Waals surface area (Å²) in [6.07, 6.45) is 8.41. The maximum Gasteiger partial charge on any atom is 0.226 e. The molecule has 4 rings (SSSR count). The van der Waals surface area contributed by atoms with Gasteiger partial charge < -0.3 is 10.2 Å². The van der Waals surface area contributed by atoms with Crippen molar-refractivity contribution in [3.8, 4) is 0 Å². The average molecular weight is 384 g/mol. The van der Waals surface area contributed by atoms with Crippen molar-refractivity contribution in [2.75, 3.05) is 26.2 Å². The fourth-order valence-electron chi connectivity index (χ4n) is 4.35. The first kappa shape index (κ1) is 18.6. The first-order chi connectivity index (χ1) is 13.3.